The molecule has 0 spiro atoms. The number of nitrogens with two attached hydrogens (primary N) is 1. The largest absolute Gasteiger partial charge is 0.431 e. The van der Waals surface area contributed by atoms with E-state index in [0.717, 1.165) is 24.2 Å². The highest BCUT2D eigenvalue weighted by molar-refractivity contribution is 5.87. The quantitative estimate of drug-likeness (QED) is 0.320. The molecule has 24 heavy (non-hydrogen) atoms. The van der Waals surface area contributed by atoms with Crippen molar-refractivity contribution >= 4 is 24.0 Å². The lowest BCUT2D eigenvalue weighted by atomic mass is 10.1. The molecule has 0 aliphatic carbocycles. The van der Waals surface area contributed by atoms with Crippen LogP contribution in [0.15, 0.2) is 39.9 Å². The van der Waals surface area contributed by atoms with Crippen molar-refractivity contribution in [1.29, 1.82) is 5.41 Å². The van der Waals surface area contributed by atoms with Crippen molar-refractivity contribution in [3.05, 3.63) is 30.5 Å². The van der Waals surface area contributed by atoms with Gasteiger partial charge in [0.2, 0.25) is 0 Å². The molecule has 2 rings (SSSR count). The van der Waals surface area contributed by atoms with E-state index in [9.17, 15) is 0 Å². The summed E-state index contributed by atoms with van der Waals surface area (Å²) in [4.78, 5) is 8.64. The normalized spacial score (nSPS) is 10.9. The first-order chi connectivity index (χ1) is 11.7. The van der Waals surface area contributed by atoms with E-state index in [-0.39, 0.29) is 12.0 Å². The number of benzene rings is 1. The first-order valence-electron chi connectivity index (χ1n) is 8.12. The number of aromatic nitrogens is 1. The van der Waals surface area contributed by atoms with Gasteiger partial charge in [0.1, 0.15) is 12.0 Å². The predicted octanol–water partition coefficient (Wildman–Crippen LogP) is 3.48. The van der Waals surface area contributed by atoms with Gasteiger partial charge in [0.05, 0.1) is 12.0 Å². The lowest BCUT2D eigenvalue weighted by molar-refractivity contribution is 0.579. The summed E-state index contributed by atoms with van der Waals surface area (Å²) < 4.78 is 5.22. The van der Waals surface area contributed by atoms with Gasteiger partial charge in [-0.3, -0.25) is 10.7 Å². The van der Waals surface area contributed by atoms with Crippen LogP contribution in [-0.2, 0) is 0 Å². The minimum Gasteiger partial charge on any atom is -0.431 e. The van der Waals surface area contributed by atoms with Gasteiger partial charge in [-0.1, -0.05) is 38.3 Å². The number of nitrogens with zero attached hydrogens (tertiary/aromatic N) is 2. The van der Waals surface area contributed by atoms with Crippen molar-refractivity contribution in [3.8, 4) is 11.3 Å². The molecule has 0 amide bonds. The smallest absolute Gasteiger partial charge is 0.301 e. The Kier molecular flexibility index (Phi) is 6.82. The van der Waals surface area contributed by atoms with Crippen LogP contribution in [-0.4, -0.2) is 23.8 Å². The van der Waals surface area contributed by atoms with Crippen LogP contribution in [0.25, 0.3) is 11.3 Å². The van der Waals surface area contributed by atoms with Crippen LogP contribution in [0.3, 0.4) is 0 Å². The second-order valence-corrected chi connectivity index (χ2v) is 5.40. The van der Waals surface area contributed by atoms with E-state index in [1.807, 2.05) is 24.3 Å². The zero-order valence-corrected chi connectivity index (χ0v) is 13.9. The molecule has 0 unspecified atom stereocenters. The fourth-order valence-electron chi connectivity index (χ4n) is 2.16. The van der Waals surface area contributed by atoms with Gasteiger partial charge >= 0.3 is 6.01 Å². The van der Waals surface area contributed by atoms with E-state index in [1.54, 1.807) is 6.34 Å². The summed E-state index contributed by atoms with van der Waals surface area (Å²) in [5.41, 5.74) is 7.62. The molecular formula is C17H24N6O. The van der Waals surface area contributed by atoms with E-state index in [0.29, 0.717) is 5.69 Å². The minimum absolute atomic E-state index is 0.195. The van der Waals surface area contributed by atoms with Gasteiger partial charge in [0.25, 0.3) is 0 Å². The Morgan fingerprint density at radius 3 is 3.04 bits per heavy atom. The molecule has 0 bridgehead atoms. The third-order valence-corrected chi connectivity index (χ3v) is 3.37. The Labute approximate surface area is 141 Å². The highest BCUT2D eigenvalue weighted by Gasteiger charge is 2.07. The number of unbranched alkanes of at least 4 members (excludes halogenated alkanes) is 3. The Morgan fingerprint density at radius 1 is 1.38 bits per heavy atom. The average molecular weight is 328 g/mol. The van der Waals surface area contributed by atoms with E-state index in [1.165, 1.54) is 25.5 Å². The monoisotopic (exact) mass is 328 g/mol. The second kappa shape index (κ2) is 9.34. The minimum atomic E-state index is -0.216. The Bertz CT molecular complexity index is 679. The Morgan fingerprint density at radius 2 is 2.25 bits per heavy atom. The molecule has 0 radical (unpaired) electrons. The third kappa shape index (κ3) is 5.75. The van der Waals surface area contributed by atoms with Gasteiger partial charge in [-0.05, 0) is 18.6 Å². The van der Waals surface area contributed by atoms with Crippen molar-refractivity contribution in [2.75, 3.05) is 11.9 Å². The molecule has 0 aliphatic heterocycles. The number of oxazole rings is 1. The molecular weight excluding hydrogens is 304 g/mol. The van der Waals surface area contributed by atoms with Crippen molar-refractivity contribution in [2.24, 2.45) is 10.7 Å². The lowest BCUT2D eigenvalue weighted by Gasteiger charge is -2.01. The van der Waals surface area contributed by atoms with Gasteiger partial charge in [0, 0.05) is 12.1 Å². The first-order valence-corrected chi connectivity index (χ1v) is 8.12. The SMILES string of the molecule is CCCCCCN/C=N\c1cccc(-c2coc(NC(=N)N)n2)c1. The maximum absolute atomic E-state index is 7.17. The van der Waals surface area contributed by atoms with Gasteiger partial charge in [-0.25, -0.2) is 4.99 Å². The highest BCUT2D eigenvalue weighted by atomic mass is 16.4. The first kappa shape index (κ1) is 17.5. The van der Waals surface area contributed by atoms with E-state index < -0.39 is 0 Å². The van der Waals surface area contributed by atoms with Crippen molar-refractivity contribution in [3.63, 3.8) is 0 Å². The molecule has 128 valence electrons. The van der Waals surface area contributed by atoms with Crippen LogP contribution in [0, 0.1) is 5.41 Å². The second-order valence-electron chi connectivity index (χ2n) is 5.40. The van der Waals surface area contributed by atoms with Crippen LogP contribution < -0.4 is 16.4 Å². The fraction of sp³-hybridized carbons (Fsp3) is 0.353. The maximum Gasteiger partial charge on any atom is 0.301 e. The summed E-state index contributed by atoms with van der Waals surface area (Å²) in [5.74, 6) is -0.216. The van der Waals surface area contributed by atoms with Gasteiger partial charge < -0.3 is 15.5 Å². The number of guanidine groups is 1. The van der Waals surface area contributed by atoms with E-state index >= 15 is 0 Å². The molecule has 0 saturated heterocycles. The summed E-state index contributed by atoms with van der Waals surface area (Å²) in [7, 11) is 0. The van der Waals surface area contributed by atoms with Crippen LogP contribution in [0.1, 0.15) is 32.6 Å². The van der Waals surface area contributed by atoms with Crippen LogP contribution >= 0.6 is 0 Å². The number of nitrogens with one attached hydrogen (secondary N) is 3. The number of hydrogen-bond donors (Lipinski definition) is 4. The molecule has 0 saturated carbocycles. The molecule has 0 aliphatic rings. The summed E-state index contributed by atoms with van der Waals surface area (Å²) in [6, 6.07) is 7.88. The Balaban J connectivity index is 1.91. The predicted molar refractivity (Wildman–Crippen MR) is 97.8 cm³/mol. The zero-order chi connectivity index (χ0) is 17.2. The summed E-state index contributed by atoms with van der Waals surface area (Å²) in [5, 5.41) is 12.9. The van der Waals surface area contributed by atoms with Gasteiger partial charge in [-0.15, -0.1) is 0 Å². The number of rotatable bonds is 9. The zero-order valence-electron chi connectivity index (χ0n) is 13.9. The summed E-state index contributed by atoms with van der Waals surface area (Å²) in [6.07, 6.45) is 8.17. The maximum atomic E-state index is 7.17. The van der Waals surface area contributed by atoms with E-state index in [4.69, 9.17) is 15.6 Å². The van der Waals surface area contributed by atoms with Crippen molar-refractivity contribution < 1.29 is 4.42 Å². The van der Waals surface area contributed by atoms with Crippen molar-refractivity contribution in [2.45, 2.75) is 32.6 Å². The summed E-state index contributed by atoms with van der Waals surface area (Å²) >= 11 is 0. The topological polar surface area (TPSA) is 112 Å². The number of hydrogen-bond acceptors (Lipinski definition) is 4. The molecule has 7 heteroatoms. The molecule has 1 heterocycles. The Hall–Kier alpha value is -2.83. The van der Waals surface area contributed by atoms with Crippen LogP contribution in [0.5, 0.6) is 0 Å². The van der Waals surface area contributed by atoms with Gasteiger partial charge in [-0.2, -0.15) is 4.98 Å². The molecule has 0 fully saturated rings. The fourth-order valence-corrected chi connectivity index (χ4v) is 2.16. The highest BCUT2D eigenvalue weighted by Crippen LogP contribution is 2.24. The molecule has 1 aromatic heterocycles. The summed E-state index contributed by atoms with van der Waals surface area (Å²) in [6.45, 7) is 3.14. The van der Waals surface area contributed by atoms with Crippen LogP contribution in [0.4, 0.5) is 11.7 Å². The molecule has 5 N–H and O–H groups in total. The number of aliphatic imine (C=N–C) groups is 1. The molecule has 1 aromatic carbocycles. The standard InChI is InChI=1S/C17H24N6O/c1-2-3-4-5-9-20-12-21-14-8-6-7-13(10-14)15-11-24-17(22-15)23-16(18)19/h6-8,10-12H,2-5,9H2,1H3,(H,20,21)(H4,18,19,22,23). The lowest BCUT2D eigenvalue weighted by Crippen LogP contribution is -2.20. The average Bonchev–Trinajstić information content (AvgIpc) is 3.02. The molecule has 0 atom stereocenters. The third-order valence-electron chi connectivity index (χ3n) is 3.37. The van der Waals surface area contributed by atoms with Gasteiger partial charge in [0.15, 0.2) is 5.96 Å². The number of anilines is 1. The van der Waals surface area contributed by atoms with Crippen molar-refractivity contribution in [1.82, 2.24) is 10.3 Å². The molecule has 2 aromatic rings. The van der Waals surface area contributed by atoms with Crippen LogP contribution in [0.2, 0.25) is 0 Å². The molecule has 7 nitrogen and oxygen atoms in total. The van der Waals surface area contributed by atoms with E-state index in [2.05, 4.69) is 27.5 Å².